The second-order valence-corrected chi connectivity index (χ2v) is 3.71. The molecular weight excluding hydrogens is 228 g/mol. The van der Waals surface area contributed by atoms with E-state index in [1.807, 2.05) is 6.92 Å². The van der Waals surface area contributed by atoms with Crippen molar-refractivity contribution in [2.45, 2.75) is 32.2 Å². The van der Waals surface area contributed by atoms with Gasteiger partial charge in [-0.2, -0.15) is 0 Å². The average Bonchev–Trinajstić information content (AvgIpc) is 2.23. The first-order valence-corrected chi connectivity index (χ1v) is 5.34. The summed E-state index contributed by atoms with van der Waals surface area (Å²) in [4.78, 5) is 34.0. The van der Waals surface area contributed by atoms with Gasteiger partial charge in [-0.25, -0.2) is 9.59 Å². The number of nitrogens with zero attached hydrogens (tertiary/aromatic N) is 1. The standard InChI is InChI=1S/C10H18N2O5/c1-3-4-5-12(2)10(17)11-7(9(15)16)6-8(13)14/h7H,3-6H2,1-2H3,(H,11,17)(H,13,14)(H,15,16)/t7-/m0/s1. The molecule has 3 N–H and O–H groups in total. The number of amides is 2. The van der Waals surface area contributed by atoms with Gasteiger partial charge < -0.3 is 20.4 Å². The first kappa shape index (κ1) is 15.2. The molecule has 2 amide bonds. The van der Waals surface area contributed by atoms with Crippen LogP contribution in [0.4, 0.5) is 4.79 Å². The quantitative estimate of drug-likeness (QED) is 0.601. The summed E-state index contributed by atoms with van der Waals surface area (Å²) in [6.45, 7) is 2.47. The summed E-state index contributed by atoms with van der Waals surface area (Å²) < 4.78 is 0. The van der Waals surface area contributed by atoms with Gasteiger partial charge in [-0.1, -0.05) is 13.3 Å². The van der Waals surface area contributed by atoms with Crippen LogP contribution >= 0.6 is 0 Å². The molecule has 0 aliphatic heterocycles. The lowest BCUT2D eigenvalue weighted by molar-refractivity contribution is -0.145. The predicted molar refractivity (Wildman–Crippen MR) is 59.7 cm³/mol. The van der Waals surface area contributed by atoms with E-state index in [4.69, 9.17) is 10.2 Å². The monoisotopic (exact) mass is 246 g/mol. The minimum Gasteiger partial charge on any atom is -0.481 e. The smallest absolute Gasteiger partial charge is 0.326 e. The maximum Gasteiger partial charge on any atom is 0.326 e. The lowest BCUT2D eigenvalue weighted by Crippen LogP contribution is -2.47. The number of aliphatic carboxylic acids is 2. The molecule has 0 aromatic carbocycles. The van der Waals surface area contributed by atoms with Gasteiger partial charge in [-0.05, 0) is 6.42 Å². The van der Waals surface area contributed by atoms with Gasteiger partial charge in [0.2, 0.25) is 0 Å². The predicted octanol–water partition coefficient (Wildman–Crippen LogP) is 0.356. The number of nitrogens with one attached hydrogen (secondary N) is 1. The summed E-state index contributed by atoms with van der Waals surface area (Å²) in [6, 6.07) is -1.98. The van der Waals surface area contributed by atoms with Crippen LogP contribution in [0.25, 0.3) is 0 Å². The Labute approximate surface area is 99.4 Å². The van der Waals surface area contributed by atoms with Gasteiger partial charge in [-0.3, -0.25) is 4.79 Å². The number of urea groups is 1. The van der Waals surface area contributed by atoms with E-state index >= 15 is 0 Å². The maximum absolute atomic E-state index is 11.5. The van der Waals surface area contributed by atoms with E-state index in [1.54, 1.807) is 0 Å². The average molecular weight is 246 g/mol. The third-order valence-electron chi connectivity index (χ3n) is 2.17. The zero-order valence-corrected chi connectivity index (χ0v) is 9.97. The number of hydrogen-bond donors (Lipinski definition) is 3. The third kappa shape index (κ3) is 6.39. The van der Waals surface area contributed by atoms with Gasteiger partial charge >= 0.3 is 18.0 Å². The summed E-state index contributed by atoms with van der Waals surface area (Å²) in [5.74, 6) is -2.63. The van der Waals surface area contributed by atoms with Gasteiger partial charge in [0, 0.05) is 13.6 Å². The van der Waals surface area contributed by atoms with Crippen LogP contribution < -0.4 is 5.32 Å². The number of carboxylic acid groups (broad SMARTS) is 2. The highest BCUT2D eigenvalue weighted by atomic mass is 16.4. The van der Waals surface area contributed by atoms with Crippen molar-refractivity contribution >= 4 is 18.0 Å². The van der Waals surface area contributed by atoms with Crippen molar-refractivity contribution in [1.82, 2.24) is 10.2 Å². The van der Waals surface area contributed by atoms with Gasteiger partial charge in [0.25, 0.3) is 0 Å². The molecule has 0 aliphatic rings. The zero-order valence-electron chi connectivity index (χ0n) is 9.97. The summed E-state index contributed by atoms with van der Waals surface area (Å²) in [7, 11) is 1.53. The number of rotatable bonds is 7. The molecule has 0 saturated heterocycles. The van der Waals surface area contributed by atoms with E-state index in [9.17, 15) is 14.4 Å². The third-order valence-corrected chi connectivity index (χ3v) is 2.17. The summed E-state index contributed by atoms with van der Waals surface area (Å²) >= 11 is 0. The van der Waals surface area contributed by atoms with Gasteiger partial charge in [0.1, 0.15) is 6.04 Å². The van der Waals surface area contributed by atoms with Crippen molar-refractivity contribution in [2.75, 3.05) is 13.6 Å². The first-order chi connectivity index (χ1) is 7.88. The second kappa shape index (κ2) is 7.48. The molecule has 0 aromatic rings. The van der Waals surface area contributed by atoms with Crippen molar-refractivity contribution in [3.05, 3.63) is 0 Å². The van der Waals surface area contributed by atoms with Crippen molar-refractivity contribution in [2.24, 2.45) is 0 Å². The van der Waals surface area contributed by atoms with Crippen molar-refractivity contribution < 1.29 is 24.6 Å². The highest BCUT2D eigenvalue weighted by Gasteiger charge is 2.24. The van der Waals surface area contributed by atoms with E-state index in [0.717, 1.165) is 12.8 Å². The SMILES string of the molecule is CCCCN(C)C(=O)N[C@@H](CC(=O)O)C(=O)O. The second-order valence-electron chi connectivity index (χ2n) is 3.71. The van der Waals surface area contributed by atoms with Crippen LogP contribution in [0, 0.1) is 0 Å². The molecule has 1 atom stereocenters. The molecule has 0 aromatic heterocycles. The van der Waals surface area contributed by atoms with Crippen LogP contribution in [0.1, 0.15) is 26.2 Å². The largest absolute Gasteiger partial charge is 0.481 e. The van der Waals surface area contributed by atoms with E-state index in [1.165, 1.54) is 11.9 Å². The van der Waals surface area contributed by atoms with Crippen molar-refractivity contribution in [3.8, 4) is 0 Å². The van der Waals surface area contributed by atoms with E-state index in [0.29, 0.717) is 6.54 Å². The fourth-order valence-corrected chi connectivity index (χ4v) is 1.13. The van der Waals surface area contributed by atoms with Crippen LogP contribution in [-0.4, -0.2) is 52.7 Å². The Balaban J connectivity index is 4.29. The van der Waals surface area contributed by atoms with E-state index in [-0.39, 0.29) is 0 Å². The Hall–Kier alpha value is -1.79. The lowest BCUT2D eigenvalue weighted by Gasteiger charge is -2.20. The fraction of sp³-hybridized carbons (Fsp3) is 0.700. The van der Waals surface area contributed by atoms with Crippen LogP contribution in [-0.2, 0) is 9.59 Å². The number of carboxylic acids is 2. The molecule has 7 nitrogen and oxygen atoms in total. The van der Waals surface area contributed by atoms with Gasteiger partial charge in [-0.15, -0.1) is 0 Å². The fourth-order valence-electron chi connectivity index (χ4n) is 1.13. The Bertz CT molecular complexity index is 292. The van der Waals surface area contributed by atoms with Crippen molar-refractivity contribution in [3.63, 3.8) is 0 Å². The molecule has 0 heterocycles. The molecule has 0 bridgehead atoms. The van der Waals surface area contributed by atoms with Crippen LogP contribution in [0.15, 0.2) is 0 Å². The first-order valence-electron chi connectivity index (χ1n) is 5.34. The Morgan fingerprint density at radius 1 is 1.29 bits per heavy atom. The number of unbranched alkanes of at least 4 members (excludes halogenated alkanes) is 1. The maximum atomic E-state index is 11.5. The summed E-state index contributed by atoms with van der Waals surface area (Å²) in [5.41, 5.74) is 0. The zero-order chi connectivity index (χ0) is 13.4. The summed E-state index contributed by atoms with van der Waals surface area (Å²) in [5, 5.41) is 19.4. The van der Waals surface area contributed by atoms with Gasteiger partial charge in [0.05, 0.1) is 6.42 Å². The molecule has 0 radical (unpaired) electrons. The molecule has 17 heavy (non-hydrogen) atoms. The van der Waals surface area contributed by atoms with Gasteiger partial charge in [0.15, 0.2) is 0 Å². The normalized spacial score (nSPS) is 11.6. The Morgan fingerprint density at radius 2 is 1.88 bits per heavy atom. The highest BCUT2D eigenvalue weighted by molar-refractivity contribution is 5.86. The number of carbonyl (C=O) groups excluding carboxylic acids is 1. The molecule has 0 unspecified atom stereocenters. The minimum absolute atomic E-state index is 0.502. The minimum atomic E-state index is -1.40. The molecule has 0 spiro atoms. The Morgan fingerprint density at radius 3 is 2.29 bits per heavy atom. The Kier molecular flexibility index (Phi) is 6.69. The van der Waals surface area contributed by atoms with E-state index < -0.39 is 30.4 Å². The van der Waals surface area contributed by atoms with Crippen LogP contribution in [0.3, 0.4) is 0 Å². The number of hydrogen-bond acceptors (Lipinski definition) is 3. The topological polar surface area (TPSA) is 107 Å². The molecule has 0 fully saturated rings. The molecule has 7 heteroatoms. The lowest BCUT2D eigenvalue weighted by atomic mass is 10.2. The van der Waals surface area contributed by atoms with Crippen LogP contribution in [0.2, 0.25) is 0 Å². The van der Waals surface area contributed by atoms with E-state index in [2.05, 4.69) is 5.32 Å². The summed E-state index contributed by atoms with van der Waals surface area (Å²) in [6.07, 6.45) is 1.08. The van der Waals surface area contributed by atoms with Crippen molar-refractivity contribution in [1.29, 1.82) is 0 Å². The highest BCUT2D eigenvalue weighted by Crippen LogP contribution is 1.97. The number of carbonyl (C=O) groups is 3. The molecular formula is C10H18N2O5. The molecule has 0 rings (SSSR count). The van der Waals surface area contributed by atoms with Crippen LogP contribution in [0.5, 0.6) is 0 Å². The molecule has 0 saturated carbocycles. The molecule has 98 valence electrons. The molecule has 0 aliphatic carbocycles.